The van der Waals surface area contributed by atoms with E-state index in [1.54, 1.807) is 12.1 Å². The smallest absolute Gasteiger partial charge is 0.142 e. The molecule has 2 N–H and O–H groups in total. The molecule has 3 heteroatoms. The van der Waals surface area contributed by atoms with E-state index in [9.17, 15) is 4.39 Å². The second-order valence-electron chi connectivity index (χ2n) is 5.32. The summed E-state index contributed by atoms with van der Waals surface area (Å²) in [5, 5.41) is 0. The fourth-order valence-corrected chi connectivity index (χ4v) is 2.67. The zero-order valence-corrected chi connectivity index (χ0v) is 12.0. The summed E-state index contributed by atoms with van der Waals surface area (Å²) in [6.07, 6.45) is 6.02. The molecule has 0 radical (unpaired) electrons. The first-order chi connectivity index (χ1) is 9.72. The summed E-state index contributed by atoms with van der Waals surface area (Å²) in [4.78, 5) is 0. The topological polar surface area (TPSA) is 35.2 Å². The highest BCUT2D eigenvalue weighted by atomic mass is 19.1. The Morgan fingerprint density at radius 3 is 2.65 bits per heavy atom. The highest BCUT2D eigenvalue weighted by molar-refractivity contribution is 5.39. The average Bonchev–Trinajstić information content (AvgIpc) is 2.47. The zero-order valence-electron chi connectivity index (χ0n) is 12.0. The Morgan fingerprint density at radius 1 is 1.30 bits per heavy atom. The molecule has 2 rings (SSSR count). The summed E-state index contributed by atoms with van der Waals surface area (Å²) in [5.41, 5.74) is 5.65. The van der Waals surface area contributed by atoms with Gasteiger partial charge in [0.1, 0.15) is 11.6 Å². The van der Waals surface area contributed by atoms with Crippen LogP contribution in [-0.4, -0.2) is 12.6 Å². The molecule has 0 atom stereocenters. The standard InChI is InChI=1S/C17H22FNO/c1-2-13-5-8-15(9-6-13)20-16-10-7-14(4-3-11-19)17(18)12-16/h7,10,12-13,15H,2,5-6,8-9,11,19H2,1H3. The van der Waals surface area contributed by atoms with Gasteiger partial charge in [-0.25, -0.2) is 4.39 Å². The van der Waals surface area contributed by atoms with Gasteiger partial charge in [0.15, 0.2) is 0 Å². The minimum atomic E-state index is -0.342. The van der Waals surface area contributed by atoms with Crippen molar-refractivity contribution < 1.29 is 9.13 Å². The summed E-state index contributed by atoms with van der Waals surface area (Å²) >= 11 is 0. The van der Waals surface area contributed by atoms with Crippen LogP contribution in [0.1, 0.15) is 44.6 Å². The number of hydrogen-bond acceptors (Lipinski definition) is 2. The van der Waals surface area contributed by atoms with Gasteiger partial charge < -0.3 is 10.5 Å². The molecule has 0 unspecified atom stereocenters. The summed E-state index contributed by atoms with van der Waals surface area (Å²) < 4.78 is 19.7. The van der Waals surface area contributed by atoms with E-state index < -0.39 is 0 Å². The Balaban J connectivity index is 1.95. The van der Waals surface area contributed by atoms with Crippen molar-refractivity contribution in [3.63, 3.8) is 0 Å². The molecule has 0 spiro atoms. The molecule has 1 aromatic rings. The van der Waals surface area contributed by atoms with Crippen LogP contribution in [0.25, 0.3) is 0 Å². The third-order valence-corrected chi connectivity index (χ3v) is 3.94. The molecule has 1 fully saturated rings. The predicted octanol–water partition coefficient (Wildman–Crippen LogP) is 3.48. The van der Waals surface area contributed by atoms with E-state index in [-0.39, 0.29) is 18.5 Å². The maximum absolute atomic E-state index is 13.8. The normalized spacial score (nSPS) is 21.9. The molecule has 1 aliphatic rings. The Bertz CT molecular complexity index is 495. The molecule has 0 aliphatic heterocycles. The van der Waals surface area contributed by atoms with Gasteiger partial charge in [0.25, 0.3) is 0 Å². The van der Waals surface area contributed by atoms with Gasteiger partial charge >= 0.3 is 0 Å². The second-order valence-corrected chi connectivity index (χ2v) is 5.32. The Morgan fingerprint density at radius 2 is 2.05 bits per heavy atom. The molecular formula is C17H22FNO. The first kappa shape index (κ1) is 14.9. The maximum Gasteiger partial charge on any atom is 0.142 e. The van der Waals surface area contributed by atoms with Gasteiger partial charge in [-0.05, 0) is 43.7 Å². The number of nitrogens with two attached hydrogens (primary N) is 1. The molecule has 0 bridgehead atoms. The SMILES string of the molecule is CCC1CCC(Oc2ccc(C#CCN)c(F)c2)CC1. The molecule has 20 heavy (non-hydrogen) atoms. The Kier molecular flexibility index (Phi) is 5.43. The first-order valence-corrected chi connectivity index (χ1v) is 7.38. The van der Waals surface area contributed by atoms with Gasteiger partial charge in [-0.1, -0.05) is 25.2 Å². The van der Waals surface area contributed by atoms with E-state index in [4.69, 9.17) is 10.5 Å². The number of rotatable bonds is 3. The number of benzene rings is 1. The molecule has 1 saturated carbocycles. The summed E-state index contributed by atoms with van der Waals surface area (Å²) in [5.74, 6) is 6.46. The van der Waals surface area contributed by atoms with Gasteiger partial charge in [-0.2, -0.15) is 0 Å². The van der Waals surface area contributed by atoms with Crippen molar-refractivity contribution >= 4 is 0 Å². The lowest BCUT2D eigenvalue weighted by atomic mass is 9.86. The Hall–Kier alpha value is -1.53. The van der Waals surface area contributed by atoms with Gasteiger partial charge in [-0.15, -0.1) is 0 Å². The molecular weight excluding hydrogens is 253 g/mol. The Labute approximate surface area is 120 Å². The summed E-state index contributed by atoms with van der Waals surface area (Å²) in [6, 6.07) is 4.87. The van der Waals surface area contributed by atoms with E-state index >= 15 is 0 Å². The third kappa shape index (κ3) is 3.98. The maximum atomic E-state index is 13.8. The van der Waals surface area contributed by atoms with Crippen molar-refractivity contribution in [2.45, 2.75) is 45.1 Å². The lowest BCUT2D eigenvalue weighted by Crippen LogP contribution is -2.23. The molecule has 0 heterocycles. The van der Waals surface area contributed by atoms with Crippen LogP contribution in [0, 0.1) is 23.6 Å². The number of ether oxygens (including phenoxy) is 1. The second kappa shape index (κ2) is 7.31. The first-order valence-electron chi connectivity index (χ1n) is 7.38. The van der Waals surface area contributed by atoms with E-state index in [0.29, 0.717) is 11.3 Å². The van der Waals surface area contributed by atoms with Crippen LogP contribution in [0.4, 0.5) is 4.39 Å². The molecule has 0 amide bonds. The molecule has 1 aliphatic carbocycles. The highest BCUT2D eigenvalue weighted by Gasteiger charge is 2.21. The molecule has 0 saturated heterocycles. The number of hydrogen-bond donors (Lipinski definition) is 1. The van der Waals surface area contributed by atoms with Gasteiger partial charge in [0.2, 0.25) is 0 Å². The van der Waals surface area contributed by atoms with Crippen molar-refractivity contribution in [1.82, 2.24) is 0 Å². The molecule has 2 nitrogen and oxygen atoms in total. The van der Waals surface area contributed by atoms with Crippen molar-refractivity contribution in [3.05, 3.63) is 29.6 Å². The fourth-order valence-electron chi connectivity index (χ4n) is 2.67. The van der Waals surface area contributed by atoms with Crippen LogP contribution in [0.2, 0.25) is 0 Å². The van der Waals surface area contributed by atoms with Gasteiger partial charge in [0.05, 0.1) is 18.2 Å². The van der Waals surface area contributed by atoms with Gasteiger partial charge in [0, 0.05) is 6.07 Å². The van der Waals surface area contributed by atoms with Crippen LogP contribution >= 0.6 is 0 Å². The van der Waals surface area contributed by atoms with E-state index in [0.717, 1.165) is 18.8 Å². The van der Waals surface area contributed by atoms with Crippen molar-refractivity contribution in [3.8, 4) is 17.6 Å². The largest absolute Gasteiger partial charge is 0.490 e. The summed E-state index contributed by atoms with van der Waals surface area (Å²) in [6.45, 7) is 2.47. The highest BCUT2D eigenvalue weighted by Crippen LogP contribution is 2.29. The van der Waals surface area contributed by atoms with Crippen LogP contribution in [0.15, 0.2) is 18.2 Å². The molecule has 0 aromatic heterocycles. The molecule has 1 aromatic carbocycles. The zero-order chi connectivity index (χ0) is 14.4. The molecule has 108 valence electrons. The van der Waals surface area contributed by atoms with E-state index in [1.807, 2.05) is 0 Å². The summed E-state index contributed by atoms with van der Waals surface area (Å²) in [7, 11) is 0. The predicted molar refractivity (Wildman–Crippen MR) is 79.0 cm³/mol. The monoisotopic (exact) mass is 275 g/mol. The average molecular weight is 275 g/mol. The minimum absolute atomic E-state index is 0.221. The van der Waals surface area contributed by atoms with Crippen molar-refractivity contribution in [2.24, 2.45) is 11.7 Å². The van der Waals surface area contributed by atoms with E-state index in [1.165, 1.54) is 25.3 Å². The number of halogens is 1. The lowest BCUT2D eigenvalue weighted by molar-refractivity contribution is 0.129. The van der Waals surface area contributed by atoms with E-state index in [2.05, 4.69) is 18.8 Å². The minimum Gasteiger partial charge on any atom is -0.490 e. The fraction of sp³-hybridized carbons (Fsp3) is 0.529. The lowest BCUT2D eigenvalue weighted by Gasteiger charge is -2.28. The van der Waals surface area contributed by atoms with Crippen LogP contribution in [-0.2, 0) is 0 Å². The van der Waals surface area contributed by atoms with Crippen molar-refractivity contribution in [2.75, 3.05) is 6.54 Å². The van der Waals surface area contributed by atoms with Crippen LogP contribution in [0.3, 0.4) is 0 Å². The third-order valence-electron chi connectivity index (χ3n) is 3.94. The van der Waals surface area contributed by atoms with Crippen LogP contribution in [0.5, 0.6) is 5.75 Å². The van der Waals surface area contributed by atoms with Crippen molar-refractivity contribution in [1.29, 1.82) is 0 Å². The quantitative estimate of drug-likeness (QED) is 0.857. The van der Waals surface area contributed by atoms with Crippen LogP contribution < -0.4 is 10.5 Å². The van der Waals surface area contributed by atoms with Gasteiger partial charge in [-0.3, -0.25) is 0 Å².